The molecule has 0 fully saturated rings. The van der Waals surface area contributed by atoms with Gasteiger partial charge < -0.3 is 10.6 Å². The fourth-order valence-electron chi connectivity index (χ4n) is 2.22. The van der Waals surface area contributed by atoms with Crippen LogP contribution in [0.25, 0.3) is 0 Å². The van der Waals surface area contributed by atoms with Crippen molar-refractivity contribution >= 4 is 29.9 Å². The molecule has 1 aliphatic carbocycles. The van der Waals surface area contributed by atoms with Gasteiger partial charge in [-0.15, -0.1) is 24.0 Å². The van der Waals surface area contributed by atoms with Gasteiger partial charge in [-0.2, -0.15) is 0 Å². The zero-order chi connectivity index (χ0) is 14.4. The largest absolute Gasteiger partial charge is 0.357 e. The van der Waals surface area contributed by atoms with Gasteiger partial charge in [0, 0.05) is 12.6 Å². The van der Waals surface area contributed by atoms with Crippen LogP contribution in [0.2, 0.25) is 0 Å². The lowest BCUT2D eigenvalue weighted by atomic mass is 10.1. The third-order valence-corrected chi connectivity index (χ3v) is 3.34. The lowest BCUT2D eigenvalue weighted by molar-refractivity contribution is 0.617. The molecule has 116 valence electrons. The summed E-state index contributed by atoms with van der Waals surface area (Å²) in [7, 11) is 0. The molecule has 0 heterocycles. The molecule has 5 heteroatoms. The Morgan fingerprint density at radius 2 is 2.05 bits per heavy atom. The van der Waals surface area contributed by atoms with Crippen LogP contribution in [0, 0.1) is 12.7 Å². The van der Waals surface area contributed by atoms with E-state index < -0.39 is 0 Å². The van der Waals surface area contributed by atoms with Crippen molar-refractivity contribution in [2.24, 2.45) is 4.99 Å². The van der Waals surface area contributed by atoms with E-state index in [-0.39, 0.29) is 29.8 Å². The molecule has 3 nitrogen and oxygen atoms in total. The first kappa shape index (κ1) is 17.9. The predicted octanol–water partition coefficient (Wildman–Crippen LogP) is 3.53. The number of rotatable bonds is 4. The van der Waals surface area contributed by atoms with Crippen LogP contribution in [0.4, 0.5) is 4.39 Å². The number of aryl methyl sites for hydroxylation is 1. The summed E-state index contributed by atoms with van der Waals surface area (Å²) in [5.41, 5.74) is 1.68. The topological polar surface area (TPSA) is 36.4 Å². The molecule has 1 aromatic rings. The Kier molecular flexibility index (Phi) is 7.71. The van der Waals surface area contributed by atoms with Gasteiger partial charge in [-0.1, -0.05) is 24.3 Å². The molecule has 1 aromatic carbocycles. The number of benzene rings is 1. The Bertz CT molecular complexity index is 506. The summed E-state index contributed by atoms with van der Waals surface area (Å²) in [6.45, 7) is 5.20. The monoisotopic (exact) mass is 403 g/mol. The number of guanidine groups is 1. The molecule has 0 atom stereocenters. The number of nitrogens with one attached hydrogen (secondary N) is 2. The van der Waals surface area contributed by atoms with Gasteiger partial charge in [0.1, 0.15) is 5.82 Å². The minimum atomic E-state index is -0.167. The van der Waals surface area contributed by atoms with Crippen LogP contribution in [0.15, 0.2) is 35.3 Å². The van der Waals surface area contributed by atoms with Crippen LogP contribution in [0.3, 0.4) is 0 Å². The predicted molar refractivity (Wildman–Crippen MR) is 96.7 cm³/mol. The quantitative estimate of drug-likeness (QED) is 0.349. The lowest BCUT2D eigenvalue weighted by Gasteiger charge is -2.16. The summed E-state index contributed by atoms with van der Waals surface area (Å²) >= 11 is 0. The van der Waals surface area contributed by atoms with Crippen LogP contribution in [-0.2, 0) is 6.54 Å². The van der Waals surface area contributed by atoms with Gasteiger partial charge in [-0.3, -0.25) is 0 Å². The highest BCUT2D eigenvalue weighted by Gasteiger charge is 2.11. The third kappa shape index (κ3) is 5.65. The second kappa shape index (κ2) is 9.02. The normalized spacial score (nSPS) is 14.9. The minimum absolute atomic E-state index is 0. The second-order valence-corrected chi connectivity index (χ2v) is 5.06. The molecular formula is C16H23FIN3. The highest BCUT2D eigenvalue weighted by Crippen LogP contribution is 2.11. The zero-order valence-electron chi connectivity index (χ0n) is 12.5. The molecule has 21 heavy (non-hydrogen) atoms. The van der Waals surface area contributed by atoms with Gasteiger partial charge >= 0.3 is 0 Å². The van der Waals surface area contributed by atoms with Crippen molar-refractivity contribution in [1.29, 1.82) is 0 Å². The van der Waals surface area contributed by atoms with Crippen molar-refractivity contribution in [3.63, 3.8) is 0 Å². The fraction of sp³-hybridized carbons (Fsp3) is 0.438. The van der Waals surface area contributed by atoms with Crippen molar-refractivity contribution in [2.45, 2.75) is 39.3 Å². The fourth-order valence-corrected chi connectivity index (χ4v) is 2.22. The van der Waals surface area contributed by atoms with Gasteiger partial charge in [0.25, 0.3) is 0 Å². The van der Waals surface area contributed by atoms with Crippen molar-refractivity contribution in [3.8, 4) is 0 Å². The van der Waals surface area contributed by atoms with Gasteiger partial charge in [0.2, 0.25) is 0 Å². The van der Waals surface area contributed by atoms with Crippen molar-refractivity contribution < 1.29 is 4.39 Å². The van der Waals surface area contributed by atoms with E-state index in [1.165, 1.54) is 6.07 Å². The maximum Gasteiger partial charge on any atom is 0.191 e. The highest BCUT2D eigenvalue weighted by atomic mass is 127. The van der Waals surface area contributed by atoms with Crippen molar-refractivity contribution in [3.05, 3.63) is 47.3 Å². The summed E-state index contributed by atoms with van der Waals surface area (Å²) in [6.07, 6.45) is 6.45. The van der Waals surface area contributed by atoms with Crippen LogP contribution in [0.5, 0.6) is 0 Å². The van der Waals surface area contributed by atoms with E-state index in [0.29, 0.717) is 18.2 Å². The molecule has 0 amide bonds. The maximum absolute atomic E-state index is 13.2. The SMILES string of the molecule is CCNC(=NCc1ccc(F)c(C)c1)NC1CC=CC1.I. The van der Waals surface area contributed by atoms with E-state index in [4.69, 9.17) is 0 Å². The van der Waals surface area contributed by atoms with E-state index in [0.717, 1.165) is 30.9 Å². The number of hydrogen-bond donors (Lipinski definition) is 2. The van der Waals surface area contributed by atoms with Crippen LogP contribution < -0.4 is 10.6 Å². The van der Waals surface area contributed by atoms with Crippen molar-refractivity contribution in [1.82, 2.24) is 10.6 Å². The summed E-state index contributed by atoms with van der Waals surface area (Å²) < 4.78 is 13.2. The second-order valence-electron chi connectivity index (χ2n) is 5.06. The molecule has 0 aromatic heterocycles. The molecule has 0 bridgehead atoms. The first-order chi connectivity index (χ1) is 9.69. The molecule has 1 aliphatic rings. The van der Waals surface area contributed by atoms with Crippen molar-refractivity contribution in [2.75, 3.05) is 6.54 Å². The number of hydrogen-bond acceptors (Lipinski definition) is 1. The molecule has 2 rings (SSSR count). The highest BCUT2D eigenvalue weighted by molar-refractivity contribution is 14.0. The standard InChI is InChI=1S/C16H22FN3.HI/c1-3-18-16(20-14-6-4-5-7-14)19-11-13-8-9-15(17)12(2)10-13;/h4-5,8-10,14H,3,6-7,11H2,1-2H3,(H2,18,19,20);1H. The summed E-state index contributed by atoms with van der Waals surface area (Å²) in [5.74, 6) is 0.656. The first-order valence-corrected chi connectivity index (χ1v) is 7.14. The van der Waals surface area contributed by atoms with Crippen LogP contribution in [0.1, 0.15) is 30.9 Å². The Labute approximate surface area is 143 Å². The third-order valence-electron chi connectivity index (χ3n) is 3.34. The number of nitrogens with zero attached hydrogens (tertiary/aromatic N) is 1. The Hall–Kier alpha value is -1.11. The van der Waals surface area contributed by atoms with Gasteiger partial charge in [0.05, 0.1) is 6.54 Å². The first-order valence-electron chi connectivity index (χ1n) is 7.14. The molecule has 2 N–H and O–H groups in total. The van der Waals surface area contributed by atoms with E-state index in [1.54, 1.807) is 13.0 Å². The summed E-state index contributed by atoms with van der Waals surface area (Å²) in [5, 5.41) is 6.66. The van der Waals surface area contributed by atoms with E-state index >= 15 is 0 Å². The molecule has 0 unspecified atom stereocenters. The average molecular weight is 403 g/mol. The number of halogens is 2. The molecule has 0 aliphatic heterocycles. The van der Waals surface area contributed by atoms with Gasteiger partial charge in [0.15, 0.2) is 5.96 Å². The van der Waals surface area contributed by atoms with Gasteiger partial charge in [-0.25, -0.2) is 9.38 Å². The summed E-state index contributed by atoms with van der Waals surface area (Å²) in [6, 6.07) is 5.57. The molecular weight excluding hydrogens is 380 g/mol. The zero-order valence-corrected chi connectivity index (χ0v) is 14.9. The average Bonchev–Trinajstić information content (AvgIpc) is 2.93. The maximum atomic E-state index is 13.2. The lowest BCUT2D eigenvalue weighted by Crippen LogP contribution is -2.42. The number of aliphatic imine (C=N–C) groups is 1. The van der Waals surface area contributed by atoms with E-state index in [2.05, 4.69) is 27.8 Å². The van der Waals surface area contributed by atoms with Gasteiger partial charge in [-0.05, 0) is 43.9 Å². The molecule has 0 saturated carbocycles. The molecule has 0 spiro atoms. The van der Waals surface area contributed by atoms with Crippen LogP contribution in [-0.4, -0.2) is 18.5 Å². The van der Waals surface area contributed by atoms with Crippen LogP contribution >= 0.6 is 24.0 Å². The Morgan fingerprint density at radius 3 is 2.67 bits per heavy atom. The van der Waals surface area contributed by atoms with E-state index in [1.807, 2.05) is 13.0 Å². The summed E-state index contributed by atoms with van der Waals surface area (Å²) in [4.78, 5) is 4.56. The molecule has 0 saturated heterocycles. The smallest absolute Gasteiger partial charge is 0.191 e. The van der Waals surface area contributed by atoms with E-state index in [9.17, 15) is 4.39 Å². The molecule has 0 radical (unpaired) electrons. The Morgan fingerprint density at radius 1 is 1.33 bits per heavy atom. The minimum Gasteiger partial charge on any atom is -0.357 e. The Balaban J connectivity index is 0.00000220.